The summed E-state index contributed by atoms with van der Waals surface area (Å²) in [4.78, 5) is 33.8. The Balaban J connectivity index is 2.15. The van der Waals surface area contributed by atoms with Crippen molar-refractivity contribution in [3.05, 3.63) is 30.3 Å². The Kier molecular flexibility index (Phi) is 7.34. The fraction of sp³-hybridized carbons (Fsp3) is 0.357. The topological polar surface area (TPSA) is 93.7 Å². The highest BCUT2D eigenvalue weighted by molar-refractivity contribution is 5.86. The molecule has 0 aliphatic heterocycles. The van der Waals surface area contributed by atoms with Crippen molar-refractivity contribution in [2.45, 2.75) is 6.92 Å². The monoisotopic (exact) mass is 294 g/mol. The van der Waals surface area contributed by atoms with E-state index < -0.39 is 18.5 Å². The number of esters is 1. The van der Waals surface area contributed by atoms with Crippen molar-refractivity contribution in [2.24, 2.45) is 0 Å². The predicted octanol–water partition coefficient (Wildman–Crippen LogP) is -0.139. The first-order valence-electron chi connectivity index (χ1n) is 6.48. The second kappa shape index (κ2) is 9.35. The summed E-state index contributed by atoms with van der Waals surface area (Å²) < 4.78 is 9.87. The number of hydrogen-bond acceptors (Lipinski definition) is 5. The highest BCUT2D eigenvalue weighted by Crippen LogP contribution is 2.07. The standard InChI is InChI=1S/C14H18N2O5/c1-2-15-12(17)8-16-13(18)9-21-14(19)10-20-11-6-4-3-5-7-11/h3-7H,2,8-10H2,1H3,(H,15,17)(H,16,18). The van der Waals surface area contributed by atoms with Gasteiger partial charge in [-0.2, -0.15) is 0 Å². The molecule has 0 aliphatic rings. The Bertz CT molecular complexity index is 476. The molecule has 0 aromatic heterocycles. The first-order chi connectivity index (χ1) is 10.1. The molecule has 0 heterocycles. The Morgan fingerprint density at radius 3 is 2.38 bits per heavy atom. The maximum Gasteiger partial charge on any atom is 0.344 e. The lowest BCUT2D eigenvalue weighted by Gasteiger charge is -2.07. The fourth-order valence-corrected chi connectivity index (χ4v) is 1.34. The third kappa shape index (κ3) is 7.56. The number of nitrogens with one attached hydrogen (secondary N) is 2. The molecule has 2 N–H and O–H groups in total. The van der Waals surface area contributed by atoms with E-state index in [1.54, 1.807) is 31.2 Å². The summed E-state index contributed by atoms with van der Waals surface area (Å²) >= 11 is 0. The van der Waals surface area contributed by atoms with E-state index in [-0.39, 0.29) is 19.1 Å². The average molecular weight is 294 g/mol. The highest BCUT2D eigenvalue weighted by Gasteiger charge is 2.09. The third-order valence-electron chi connectivity index (χ3n) is 2.28. The van der Waals surface area contributed by atoms with Crippen molar-refractivity contribution in [3.63, 3.8) is 0 Å². The summed E-state index contributed by atoms with van der Waals surface area (Å²) in [6, 6.07) is 8.77. The summed E-state index contributed by atoms with van der Waals surface area (Å²) in [5.41, 5.74) is 0. The Morgan fingerprint density at radius 2 is 1.71 bits per heavy atom. The van der Waals surface area contributed by atoms with Gasteiger partial charge in [-0.05, 0) is 19.1 Å². The molecule has 1 aromatic rings. The maximum atomic E-state index is 11.4. The van der Waals surface area contributed by atoms with Gasteiger partial charge in [-0.3, -0.25) is 9.59 Å². The molecule has 1 aromatic carbocycles. The van der Waals surface area contributed by atoms with Gasteiger partial charge in [0.2, 0.25) is 5.91 Å². The zero-order chi connectivity index (χ0) is 15.5. The number of hydrogen-bond donors (Lipinski definition) is 2. The molecule has 7 heteroatoms. The fourth-order valence-electron chi connectivity index (χ4n) is 1.34. The minimum absolute atomic E-state index is 0.148. The lowest BCUT2D eigenvalue weighted by molar-refractivity contribution is -0.150. The Labute approximate surface area is 122 Å². The van der Waals surface area contributed by atoms with Crippen LogP contribution in [-0.2, 0) is 19.1 Å². The van der Waals surface area contributed by atoms with Crippen LogP contribution in [0.1, 0.15) is 6.92 Å². The number of ether oxygens (including phenoxy) is 2. The van der Waals surface area contributed by atoms with E-state index in [4.69, 9.17) is 9.47 Å². The largest absolute Gasteiger partial charge is 0.482 e. The van der Waals surface area contributed by atoms with E-state index in [0.717, 1.165) is 0 Å². The van der Waals surface area contributed by atoms with Gasteiger partial charge in [0.25, 0.3) is 5.91 Å². The summed E-state index contributed by atoms with van der Waals surface area (Å²) in [5, 5.41) is 4.85. The van der Waals surface area contributed by atoms with Crippen LogP contribution >= 0.6 is 0 Å². The van der Waals surface area contributed by atoms with E-state index in [0.29, 0.717) is 12.3 Å². The van der Waals surface area contributed by atoms with Crippen LogP contribution in [0.2, 0.25) is 0 Å². The Morgan fingerprint density at radius 1 is 1.00 bits per heavy atom. The van der Waals surface area contributed by atoms with Crippen LogP contribution in [0.15, 0.2) is 30.3 Å². The lowest BCUT2D eigenvalue weighted by Crippen LogP contribution is -2.38. The van der Waals surface area contributed by atoms with Gasteiger partial charge in [-0.15, -0.1) is 0 Å². The third-order valence-corrected chi connectivity index (χ3v) is 2.28. The van der Waals surface area contributed by atoms with Crippen molar-refractivity contribution in [3.8, 4) is 5.75 Å². The summed E-state index contributed by atoms with van der Waals surface area (Å²) in [6.07, 6.45) is 0. The number of amides is 2. The van der Waals surface area contributed by atoms with Gasteiger partial charge >= 0.3 is 5.97 Å². The first-order valence-corrected chi connectivity index (χ1v) is 6.48. The van der Waals surface area contributed by atoms with Crippen LogP contribution < -0.4 is 15.4 Å². The normalized spacial score (nSPS) is 9.57. The van der Waals surface area contributed by atoms with Gasteiger partial charge in [0, 0.05) is 6.54 Å². The first kappa shape index (κ1) is 16.5. The predicted molar refractivity (Wildman–Crippen MR) is 74.6 cm³/mol. The minimum atomic E-state index is -0.660. The van der Waals surface area contributed by atoms with Gasteiger partial charge in [0.1, 0.15) is 5.75 Å². The number of benzene rings is 1. The molecule has 7 nitrogen and oxygen atoms in total. The smallest absolute Gasteiger partial charge is 0.344 e. The second-order valence-corrected chi connectivity index (χ2v) is 3.99. The molecule has 0 saturated carbocycles. The van der Waals surface area contributed by atoms with Crippen molar-refractivity contribution in [1.82, 2.24) is 10.6 Å². The molecular weight excluding hydrogens is 276 g/mol. The maximum absolute atomic E-state index is 11.4. The highest BCUT2D eigenvalue weighted by atomic mass is 16.6. The van der Waals surface area contributed by atoms with E-state index in [9.17, 15) is 14.4 Å². The van der Waals surface area contributed by atoms with Crippen molar-refractivity contribution in [2.75, 3.05) is 26.3 Å². The summed E-state index contributed by atoms with van der Waals surface area (Å²) in [7, 11) is 0. The average Bonchev–Trinajstić information content (AvgIpc) is 2.50. The molecule has 21 heavy (non-hydrogen) atoms. The molecule has 0 saturated heterocycles. The van der Waals surface area contributed by atoms with Crippen molar-refractivity contribution < 1.29 is 23.9 Å². The molecular formula is C14H18N2O5. The zero-order valence-corrected chi connectivity index (χ0v) is 11.8. The summed E-state index contributed by atoms with van der Waals surface area (Å²) in [6.45, 7) is 1.38. The quantitative estimate of drug-likeness (QED) is 0.651. The molecule has 0 unspecified atom stereocenters. The molecule has 0 atom stereocenters. The van der Waals surface area contributed by atoms with Crippen LogP contribution in [-0.4, -0.2) is 44.1 Å². The zero-order valence-electron chi connectivity index (χ0n) is 11.8. The number of carbonyl (C=O) groups excluding carboxylic acids is 3. The van der Waals surface area contributed by atoms with Crippen LogP contribution in [0.3, 0.4) is 0 Å². The number of carbonyl (C=O) groups is 3. The number of para-hydroxylation sites is 1. The molecule has 0 spiro atoms. The van der Waals surface area contributed by atoms with Crippen LogP contribution in [0, 0.1) is 0 Å². The van der Waals surface area contributed by atoms with Crippen molar-refractivity contribution >= 4 is 17.8 Å². The van der Waals surface area contributed by atoms with Gasteiger partial charge in [-0.1, -0.05) is 18.2 Å². The molecule has 0 aliphatic carbocycles. The van der Waals surface area contributed by atoms with Crippen LogP contribution in [0.5, 0.6) is 5.75 Å². The number of rotatable bonds is 8. The van der Waals surface area contributed by atoms with Crippen LogP contribution in [0.25, 0.3) is 0 Å². The van der Waals surface area contributed by atoms with Crippen LogP contribution in [0.4, 0.5) is 0 Å². The second-order valence-electron chi connectivity index (χ2n) is 3.99. The van der Waals surface area contributed by atoms with E-state index in [1.807, 2.05) is 6.07 Å². The molecule has 2 amide bonds. The Hall–Kier alpha value is -2.57. The van der Waals surface area contributed by atoms with E-state index >= 15 is 0 Å². The van der Waals surface area contributed by atoms with Gasteiger partial charge < -0.3 is 20.1 Å². The van der Waals surface area contributed by atoms with Crippen molar-refractivity contribution in [1.29, 1.82) is 0 Å². The molecule has 0 fully saturated rings. The molecule has 0 bridgehead atoms. The van der Waals surface area contributed by atoms with Gasteiger partial charge in [0.15, 0.2) is 13.2 Å². The lowest BCUT2D eigenvalue weighted by atomic mass is 10.3. The van der Waals surface area contributed by atoms with Gasteiger partial charge in [-0.25, -0.2) is 4.79 Å². The molecule has 1 rings (SSSR count). The van der Waals surface area contributed by atoms with E-state index in [2.05, 4.69) is 10.6 Å². The number of likely N-dealkylation sites (N-methyl/N-ethyl adjacent to an activating group) is 1. The summed E-state index contributed by atoms with van der Waals surface area (Å²) in [5.74, 6) is -0.971. The SMILES string of the molecule is CCNC(=O)CNC(=O)COC(=O)COc1ccccc1. The minimum Gasteiger partial charge on any atom is -0.482 e. The molecule has 0 radical (unpaired) electrons. The molecule has 114 valence electrons. The van der Waals surface area contributed by atoms with Gasteiger partial charge in [0.05, 0.1) is 6.54 Å². The van der Waals surface area contributed by atoms with E-state index in [1.165, 1.54) is 0 Å².